The Bertz CT molecular complexity index is 765. The summed E-state index contributed by atoms with van der Waals surface area (Å²) in [7, 11) is -0.961. The number of carbonyl (C=O) groups is 1. The van der Waals surface area contributed by atoms with E-state index in [1.54, 1.807) is 48.7 Å². The van der Waals surface area contributed by atoms with Gasteiger partial charge < -0.3 is 9.47 Å². The van der Waals surface area contributed by atoms with Gasteiger partial charge in [-0.3, -0.25) is 4.21 Å². The molecule has 0 aromatic heterocycles. The molecule has 0 spiro atoms. The lowest BCUT2D eigenvalue weighted by Crippen LogP contribution is -2.12. The molecule has 0 aliphatic heterocycles. The van der Waals surface area contributed by atoms with Crippen LogP contribution in [0.4, 0.5) is 0 Å². The van der Waals surface area contributed by atoms with E-state index in [0.717, 1.165) is 5.56 Å². The minimum Gasteiger partial charge on any atom is -0.490 e. The van der Waals surface area contributed by atoms with Crippen molar-refractivity contribution in [2.45, 2.75) is 5.75 Å². The van der Waals surface area contributed by atoms with Crippen LogP contribution in [0.25, 0.3) is 0 Å². The molecule has 5 nitrogen and oxygen atoms in total. The summed E-state index contributed by atoms with van der Waals surface area (Å²) < 4.78 is 21.8. The molecule has 2 aromatic carbocycles. The first-order valence-corrected chi connectivity index (χ1v) is 9.00. The molecule has 6 heteroatoms. The van der Waals surface area contributed by atoms with Crippen LogP contribution >= 0.6 is 0 Å². The van der Waals surface area contributed by atoms with E-state index in [1.165, 1.54) is 0 Å². The SMILES string of the molecule is C[S@](=O)Cc1cccc(C(=O)OCCOc2ccc(C#N)cc2)c1. The molecule has 0 N–H and O–H groups in total. The number of rotatable bonds is 7. The fraction of sp³-hybridized carbons (Fsp3) is 0.222. The van der Waals surface area contributed by atoms with E-state index in [0.29, 0.717) is 22.6 Å². The zero-order valence-corrected chi connectivity index (χ0v) is 14.0. The van der Waals surface area contributed by atoms with E-state index in [2.05, 4.69) is 0 Å². The van der Waals surface area contributed by atoms with Crippen LogP contribution < -0.4 is 4.74 Å². The second kappa shape index (κ2) is 8.85. The molecule has 0 aliphatic rings. The zero-order valence-electron chi connectivity index (χ0n) is 13.2. The normalized spacial score (nSPS) is 11.3. The van der Waals surface area contributed by atoms with Gasteiger partial charge in [0.2, 0.25) is 0 Å². The largest absolute Gasteiger partial charge is 0.490 e. The summed E-state index contributed by atoms with van der Waals surface area (Å²) in [5, 5.41) is 8.71. The van der Waals surface area contributed by atoms with Crippen LogP contribution in [-0.4, -0.2) is 29.6 Å². The lowest BCUT2D eigenvalue weighted by Gasteiger charge is -2.08. The van der Waals surface area contributed by atoms with Crippen LogP contribution in [0.1, 0.15) is 21.5 Å². The van der Waals surface area contributed by atoms with Crippen molar-refractivity contribution in [2.24, 2.45) is 0 Å². The Labute approximate surface area is 143 Å². The lowest BCUT2D eigenvalue weighted by atomic mass is 10.1. The lowest BCUT2D eigenvalue weighted by molar-refractivity contribution is 0.0450. The summed E-state index contributed by atoms with van der Waals surface area (Å²) in [5.41, 5.74) is 1.82. The van der Waals surface area contributed by atoms with E-state index in [4.69, 9.17) is 14.7 Å². The zero-order chi connectivity index (χ0) is 17.4. The third-order valence-electron chi connectivity index (χ3n) is 3.10. The van der Waals surface area contributed by atoms with Crippen LogP contribution in [0.5, 0.6) is 5.75 Å². The van der Waals surface area contributed by atoms with Gasteiger partial charge in [0.1, 0.15) is 19.0 Å². The quantitative estimate of drug-likeness (QED) is 0.571. The molecule has 0 unspecified atom stereocenters. The van der Waals surface area contributed by atoms with E-state index < -0.39 is 16.8 Å². The third-order valence-corrected chi connectivity index (χ3v) is 3.84. The van der Waals surface area contributed by atoms with E-state index >= 15 is 0 Å². The highest BCUT2D eigenvalue weighted by molar-refractivity contribution is 7.83. The predicted molar refractivity (Wildman–Crippen MR) is 91.1 cm³/mol. The van der Waals surface area contributed by atoms with Crippen LogP contribution in [-0.2, 0) is 21.3 Å². The van der Waals surface area contributed by atoms with E-state index in [1.807, 2.05) is 12.1 Å². The van der Waals surface area contributed by atoms with Crippen molar-refractivity contribution >= 4 is 16.8 Å². The third kappa shape index (κ3) is 5.52. The molecule has 1 atom stereocenters. The van der Waals surface area contributed by atoms with Gasteiger partial charge in [-0.1, -0.05) is 12.1 Å². The van der Waals surface area contributed by atoms with Gasteiger partial charge in [-0.2, -0.15) is 5.26 Å². The molecule has 0 saturated heterocycles. The van der Waals surface area contributed by atoms with Crippen molar-refractivity contribution in [3.8, 4) is 11.8 Å². The molecule has 24 heavy (non-hydrogen) atoms. The van der Waals surface area contributed by atoms with Gasteiger partial charge in [0.05, 0.1) is 17.2 Å². The fourth-order valence-corrected chi connectivity index (χ4v) is 2.67. The molecule has 0 heterocycles. The Morgan fingerprint density at radius 1 is 1.17 bits per heavy atom. The Hall–Kier alpha value is -2.65. The van der Waals surface area contributed by atoms with Gasteiger partial charge in [0.25, 0.3) is 0 Å². The standard InChI is InChI=1S/C18H17NO4S/c1-24(21)13-15-3-2-4-16(11-15)18(20)23-10-9-22-17-7-5-14(12-19)6-8-17/h2-8,11H,9-10,13H2,1H3/t24-/m0/s1. The van der Waals surface area contributed by atoms with Crippen molar-refractivity contribution in [2.75, 3.05) is 19.5 Å². The van der Waals surface area contributed by atoms with Crippen molar-refractivity contribution in [1.29, 1.82) is 5.26 Å². The smallest absolute Gasteiger partial charge is 0.338 e. The summed E-state index contributed by atoms with van der Waals surface area (Å²) in [6, 6.07) is 15.6. The molecular weight excluding hydrogens is 326 g/mol. The first-order chi connectivity index (χ1) is 11.6. The summed E-state index contributed by atoms with van der Waals surface area (Å²) in [6.07, 6.45) is 1.62. The topological polar surface area (TPSA) is 76.4 Å². The summed E-state index contributed by atoms with van der Waals surface area (Å²) >= 11 is 0. The second-order valence-electron chi connectivity index (χ2n) is 5.04. The molecule has 0 fully saturated rings. The molecule has 124 valence electrons. The number of carbonyl (C=O) groups excluding carboxylic acids is 1. The van der Waals surface area contributed by atoms with Crippen molar-refractivity contribution in [3.05, 3.63) is 65.2 Å². The molecule has 2 rings (SSSR count). The van der Waals surface area contributed by atoms with Gasteiger partial charge >= 0.3 is 5.97 Å². The maximum absolute atomic E-state index is 12.0. The Kier molecular flexibility index (Phi) is 6.52. The Balaban J connectivity index is 1.80. The van der Waals surface area contributed by atoms with Gasteiger partial charge in [-0.15, -0.1) is 0 Å². The Morgan fingerprint density at radius 3 is 2.58 bits per heavy atom. The minimum absolute atomic E-state index is 0.114. The summed E-state index contributed by atoms with van der Waals surface area (Å²) in [6.45, 7) is 0.332. The number of nitrogens with zero attached hydrogens (tertiary/aromatic N) is 1. The van der Waals surface area contributed by atoms with Crippen LogP contribution in [0.3, 0.4) is 0 Å². The van der Waals surface area contributed by atoms with Crippen LogP contribution in [0.15, 0.2) is 48.5 Å². The number of ether oxygens (including phenoxy) is 2. The van der Waals surface area contributed by atoms with E-state index in [9.17, 15) is 9.00 Å². The number of benzene rings is 2. The van der Waals surface area contributed by atoms with Gasteiger partial charge in [-0.05, 0) is 42.0 Å². The Morgan fingerprint density at radius 2 is 1.92 bits per heavy atom. The highest BCUT2D eigenvalue weighted by Crippen LogP contribution is 2.12. The number of esters is 1. The molecule has 0 bridgehead atoms. The number of hydrogen-bond acceptors (Lipinski definition) is 5. The average Bonchev–Trinajstić information content (AvgIpc) is 2.58. The minimum atomic E-state index is -0.961. The highest BCUT2D eigenvalue weighted by Gasteiger charge is 2.08. The predicted octanol–water partition coefficient (Wildman–Crippen LogP) is 2.67. The van der Waals surface area contributed by atoms with Crippen LogP contribution in [0.2, 0.25) is 0 Å². The first kappa shape index (κ1) is 17.7. The van der Waals surface area contributed by atoms with Crippen molar-refractivity contribution in [3.63, 3.8) is 0 Å². The maximum atomic E-state index is 12.0. The molecular formula is C18H17NO4S. The second-order valence-corrected chi connectivity index (χ2v) is 6.47. The molecule has 0 amide bonds. The van der Waals surface area contributed by atoms with Gasteiger partial charge in [-0.25, -0.2) is 4.79 Å². The summed E-state index contributed by atoms with van der Waals surface area (Å²) in [5.74, 6) is 0.572. The number of nitriles is 1. The summed E-state index contributed by atoms with van der Waals surface area (Å²) in [4.78, 5) is 12.0. The first-order valence-electron chi connectivity index (χ1n) is 7.27. The number of hydrogen-bond donors (Lipinski definition) is 0. The fourth-order valence-electron chi connectivity index (χ4n) is 2.03. The molecule has 2 aromatic rings. The molecule has 0 radical (unpaired) electrons. The van der Waals surface area contributed by atoms with E-state index in [-0.39, 0.29) is 13.2 Å². The maximum Gasteiger partial charge on any atom is 0.338 e. The van der Waals surface area contributed by atoms with Crippen molar-refractivity contribution < 1.29 is 18.5 Å². The van der Waals surface area contributed by atoms with Gasteiger partial charge in [0.15, 0.2) is 0 Å². The molecule has 0 aliphatic carbocycles. The van der Waals surface area contributed by atoms with Crippen molar-refractivity contribution in [1.82, 2.24) is 0 Å². The monoisotopic (exact) mass is 343 g/mol. The van der Waals surface area contributed by atoms with Gasteiger partial charge in [0, 0.05) is 22.8 Å². The van der Waals surface area contributed by atoms with Crippen LogP contribution in [0, 0.1) is 11.3 Å². The highest BCUT2D eigenvalue weighted by atomic mass is 32.2. The average molecular weight is 343 g/mol. The molecule has 0 saturated carbocycles.